The number of nitriles is 1. The SMILES string of the molecule is C=C(SC#N)C(=O)Oc1cccc2ccccc12. The predicted molar refractivity (Wildman–Crippen MR) is 71.9 cm³/mol. The minimum Gasteiger partial charge on any atom is -0.422 e. The summed E-state index contributed by atoms with van der Waals surface area (Å²) in [5.74, 6) is -0.129. The molecule has 2 aromatic rings. The molecule has 0 amide bonds. The lowest BCUT2D eigenvalue weighted by Crippen LogP contribution is -2.08. The number of carbonyl (C=O) groups is 1. The number of hydrogen-bond donors (Lipinski definition) is 0. The van der Waals surface area contributed by atoms with E-state index in [2.05, 4.69) is 6.58 Å². The van der Waals surface area contributed by atoms with Crippen molar-refractivity contribution < 1.29 is 9.53 Å². The van der Waals surface area contributed by atoms with Gasteiger partial charge in [-0.1, -0.05) is 43.0 Å². The summed E-state index contributed by atoms with van der Waals surface area (Å²) in [6, 6.07) is 13.1. The van der Waals surface area contributed by atoms with Gasteiger partial charge >= 0.3 is 5.97 Å². The number of thiocyanates is 1. The highest BCUT2D eigenvalue weighted by atomic mass is 32.2. The normalized spacial score (nSPS) is 9.72. The Hall–Kier alpha value is -2.25. The Bertz CT molecular complexity index is 653. The molecule has 0 heterocycles. The molecule has 0 fully saturated rings. The third-order valence-corrected chi connectivity index (χ3v) is 2.85. The first-order valence-electron chi connectivity index (χ1n) is 5.17. The van der Waals surface area contributed by atoms with Gasteiger partial charge in [0.25, 0.3) is 0 Å². The average molecular weight is 255 g/mol. The van der Waals surface area contributed by atoms with Crippen molar-refractivity contribution in [3.63, 3.8) is 0 Å². The maximum absolute atomic E-state index is 11.7. The lowest BCUT2D eigenvalue weighted by molar-refractivity contribution is -0.129. The molecule has 0 aromatic heterocycles. The standard InChI is InChI=1S/C14H9NO2S/c1-10(18-9-15)14(16)17-13-8-4-6-11-5-2-3-7-12(11)13/h2-8H,1H2. The van der Waals surface area contributed by atoms with Crippen LogP contribution in [0.3, 0.4) is 0 Å². The van der Waals surface area contributed by atoms with E-state index in [1.54, 1.807) is 11.5 Å². The first-order chi connectivity index (χ1) is 8.72. The largest absolute Gasteiger partial charge is 0.422 e. The number of nitrogens with zero attached hydrogens (tertiary/aromatic N) is 1. The molecular formula is C14H9NO2S. The van der Waals surface area contributed by atoms with E-state index in [0.29, 0.717) is 17.5 Å². The van der Waals surface area contributed by atoms with E-state index in [0.717, 1.165) is 10.8 Å². The number of rotatable bonds is 3. The van der Waals surface area contributed by atoms with Crippen LogP contribution in [0.5, 0.6) is 5.75 Å². The van der Waals surface area contributed by atoms with E-state index in [-0.39, 0.29) is 4.91 Å². The third kappa shape index (κ3) is 2.53. The van der Waals surface area contributed by atoms with Crippen LogP contribution in [0.25, 0.3) is 10.8 Å². The summed E-state index contributed by atoms with van der Waals surface area (Å²) in [6.07, 6.45) is 0. The maximum Gasteiger partial charge on any atom is 0.350 e. The Labute approximate surface area is 109 Å². The first-order valence-corrected chi connectivity index (χ1v) is 5.99. The van der Waals surface area contributed by atoms with Gasteiger partial charge in [-0.2, -0.15) is 5.26 Å². The average Bonchev–Trinajstić information content (AvgIpc) is 2.39. The van der Waals surface area contributed by atoms with Crippen LogP contribution in [-0.2, 0) is 4.79 Å². The molecule has 3 nitrogen and oxygen atoms in total. The molecule has 0 aliphatic heterocycles. The summed E-state index contributed by atoms with van der Waals surface area (Å²) in [7, 11) is 0. The summed E-state index contributed by atoms with van der Waals surface area (Å²) in [5.41, 5.74) is 0. The van der Waals surface area contributed by atoms with E-state index in [1.165, 1.54) is 0 Å². The number of fused-ring (bicyclic) bond motifs is 1. The molecule has 0 saturated heterocycles. The van der Waals surface area contributed by atoms with Crippen LogP contribution in [0.15, 0.2) is 53.9 Å². The molecule has 0 aliphatic rings. The molecule has 0 aliphatic carbocycles. The van der Waals surface area contributed by atoms with Gasteiger partial charge in [0.05, 0.1) is 0 Å². The van der Waals surface area contributed by atoms with Gasteiger partial charge in [0.2, 0.25) is 0 Å². The van der Waals surface area contributed by atoms with Gasteiger partial charge in [-0.3, -0.25) is 0 Å². The van der Waals surface area contributed by atoms with Crippen LogP contribution in [0.4, 0.5) is 0 Å². The van der Waals surface area contributed by atoms with Crippen molar-refractivity contribution in [1.82, 2.24) is 0 Å². The molecule has 0 unspecified atom stereocenters. The Kier molecular flexibility index (Phi) is 3.66. The molecular weight excluding hydrogens is 246 g/mol. The van der Waals surface area contributed by atoms with Gasteiger partial charge in [-0.25, -0.2) is 4.79 Å². The highest BCUT2D eigenvalue weighted by Crippen LogP contribution is 2.26. The lowest BCUT2D eigenvalue weighted by Gasteiger charge is -2.07. The molecule has 2 aromatic carbocycles. The summed E-state index contributed by atoms with van der Waals surface area (Å²) in [4.78, 5) is 11.7. The minimum absolute atomic E-state index is 0.0745. The van der Waals surface area contributed by atoms with Crippen molar-refractivity contribution in [3.05, 3.63) is 53.9 Å². The van der Waals surface area contributed by atoms with Crippen LogP contribution in [0.2, 0.25) is 0 Å². The highest BCUT2D eigenvalue weighted by Gasteiger charge is 2.12. The molecule has 0 bridgehead atoms. The third-order valence-electron chi connectivity index (χ3n) is 2.35. The number of benzene rings is 2. The van der Waals surface area contributed by atoms with E-state index < -0.39 is 5.97 Å². The van der Waals surface area contributed by atoms with Gasteiger partial charge in [0, 0.05) is 5.39 Å². The summed E-state index contributed by atoms with van der Waals surface area (Å²) in [6.45, 7) is 3.49. The maximum atomic E-state index is 11.7. The fourth-order valence-corrected chi connectivity index (χ4v) is 1.77. The quantitative estimate of drug-likeness (QED) is 0.364. The molecule has 4 heteroatoms. The van der Waals surface area contributed by atoms with Crippen LogP contribution < -0.4 is 4.74 Å². The zero-order valence-electron chi connectivity index (χ0n) is 9.42. The topological polar surface area (TPSA) is 50.1 Å². The molecule has 0 spiro atoms. The Morgan fingerprint density at radius 3 is 2.72 bits per heavy atom. The fourth-order valence-electron chi connectivity index (χ4n) is 1.54. The first kappa shape index (κ1) is 12.2. The Morgan fingerprint density at radius 1 is 1.22 bits per heavy atom. The fraction of sp³-hybridized carbons (Fsp3) is 0. The minimum atomic E-state index is -0.599. The molecule has 18 heavy (non-hydrogen) atoms. The number of ether oxygens (including phenoxy) is 1. The van der Waals surface area contributed by atoms with Crippen molar-refractivity contribution in [2.75, 3.05) is 0 Å². The number of thioether (sulfide) groups is 1. The summed E-state index contributed by atoms with van der Waals surface area (Å²) >= 11 is 0.701. The van der Waals surface area contributed by atoms with Crippen molar-refractivity contribution >= 4 is 28.5 Å². The molecule has 2 rings (SSSR count). The second-order valence-electron chi connectivity index (χ2n) is 3.48. The van der Waals surface area contributed by atoms with Crippen molar-refractivity contribution in [3.8, 4) is 11.2 Å². The van der Waals surface area contributed by atoms with Gasteiger partial charge in [0.15, 0.2) is 0 Å². The van der Waals surface area contributed by atoms with Crippen molar-refractivity contribution in [2.24, 2.45) is 0 Å². The Morgan fingerprint density at radius 2 is 1.94 bits per heavy atom. The molecule has 0 radical (unpaired) electrons. The molecule has 0 saturated carbocycles. The van der Waals surface area contributed by atoms with E-state index in [1.807, 2.05) is 36.4 Å². The zero-order valence-corrected chi connectivity index (χ0v) is 10.2. The second-order valence-corrected chi connectivity index (χ2v) is 4.36. The van der Waals surface area contributed by atoms with Gasteiger partial charge in [0.1, 0.15) is 16.1 Å². The van der Waals surface area contributed by atoms with Crippen molar-refractivity contribution in [2.45, 2.75) is 0 Å². The summed E-state index contributed by atoms with van der Waals surface area (Å²) < 4.78 is 5.23. The monoisotopic (exact) mass is 255 g/mol. The smallest absolute Gasteiger partial charge is 0.350 e. The summed E-state index contributed by atoms with van der Waals surface area (Å²) in [5, 5.41) is 12.1. The van der Waals surface area contributed by atoms with Gasteiger partial charge in [-0.05, 0) is 23.2 Å². The van der Waals surface area contributed by atoms with E-state index in [9.17, 15) is 4.79 Å². The molecule has 88 valence electrons. The van der Waals surface area contributed by atoms with Gasteiger partial charge in [-0.15, -0.1) is 0 Å². The van der Waals surface area contributed by atoms with Crippen LogP contribution in [0.1, 0.15) is 0 Å². The lowest BCUT2D eigenvalue weighted by atomic mass is 10.1. The molecule has 0 N–H and O–H groups in total. The Balaban J connectivity index is 2.30. The number of esters is 1. The number of hydrogen-bond acceptors (Lipinski definition) is 4. The highest BCUT2D eigenvalue weighted by molar-refractivity contribution is 8.08. The van der Waals surface area contributed by atoms with E-state index >= 15 is 0 Å². The van der Waals surface area contributed by atoms with Crippen LogP contribution in [0, 0.1) is 10.7 Å². The van der Waals surface area contributed by atoms with Crippen molar-refractivity contribution in [1.29, 1.82) is 5.26 Å². The van der Waals surface area contributed by atoms with Crippen LogP contribution >= 0.6 is 11.8 Å². The second kappa shape index (κ2) is 5.39. The number of carbonyl (C=O) groups excluding carboxylic acids is 1. The van der Waals surface area contributed by atoms with E-state index in [4.69, 9.17) is 10.00 Å². The van der Waals surface area contributed by atoms with Crippen LogP contribution in [-0.4, -0.2) is 5.97 Å². The molecule has 0 atom stereocenters. The predicted octanol–water partition coefficient (Wildman–Crippen LogP) is 3.47. The van der Waals surface area contributed by atoms with Gasteiger partial charge < -0.3 is 4.74 Å². The zero-order chi connectivity index (χ0) is 13.0.